The first-order valence-corrected chi connectivity index (χ1v) is 11.3. The molecule has 0 saturated heterocycles. The molecule has 0 unspecified atom stereocenters. The number of hydrogen-bond acceptors (Lipinski definition) is 5. The maximum absolute atomic E-state index is 12.6. The highest BCUT2D eigenvalue weighted by molar-refractivity contribution is 7.92. The van der Waals surface area contributed by atoms with Gasteiger partial charge in [-0.2, -0.15) is 0 Å². The van der Waals surface area contributed by atoms with Gasteiger partial charge in [0.2, 0.25) is 0 Å². The predicted octanol–water partition coefficient (Wildman–Crippen LogP) is 2.66. The van der Waals surface area contributed by atoms with Gasteiger partial charge in [-0.3, -0.25) is 14.3 Å². The molecule has 3 aromatic rings. The van der Waals surface area contributed by atoms with E-state index in [1.54, 1.807) is 48.5 Å². The Kier molecular flexibility index (Phi) is 7.45. The fourth-order valence-electron chi connectivity index (χ4n) is 2.86. The van der Waals surface area contributed by atoms with Gasteiger partial charge in [-0.1, -0.05) is 30.3 Å². The van der Waals surface area contributed by atoms with E-state index in [-0.39, 0.29) is 29.8 Å². The van der Waals surface area contributed by atoms with E-state index in [2.05, 4.69) is 15.4 Å². The Morgan fingerprint density at radius 2 is 1.28 bits per heavy atom. The number of amides is 2. The topological polar surface area (TPSA) is 114 Å². The summed E-state index contributed by atoms with van der Waals surface area (Å²) < 4.78 is 32.9. The zero-order valence-corrected chi connectivity index (χ0v) is 18.2. The number of hydrogen-bond donors (Lipinski definition) is 3. The summed E-state index contributed by atoms with van der Waals surface area (Å²) >= 11 is 0. The molecule has 0 aliphatic carbocycles. The van der Waals surface area contributed by atoms with Crippen molar-refractivity contribution in [1.82, 2.24) is 10.6 Å². The summed E-state index contributed by atoms with van der Waals surface area (Å²) in [5.41, 5.74) is 1.15. The molecule has 0 saturated carbocycles. The van der Waals surface area contributed by atoms with Crippen molar-refractivity contribution in [1.29, 1.82) is 0 Å². The lowest BCUT2D eigenvalue weighted by Gasteiger charge is -2.12. The predicted molar refractivity (Wildman–Crippen MR) is 121 cm³/mol. The monoisotopic (exact) mass is 453 g/mol. The average molecular weight is 454 g/mol. The Bertz CT molecular complexity index is 1180. The van der Waals surface area contributed by atoms with Crippen LogP contribution >= 0.6 is 0 Å². The van der Waals surface area contributed by atoms with E-state index in [0.717, 1.165) is 0 Å². The lowest BCUT2D eigenvalue weighted by atomic mass is 10.2. The summed E-state index contributed by atoms with van der Waals surface area (Å²) in [5, 5.41) is 5.40. The van der Waals surface area contributed by atoms with E-state index in [1.807, 2.05) is 6.07 Å². The van der Waals surface area contributed by atoms with Gasteiger partial charge >= 0.3 is 0 Å². The van der Waals surface area contributed by atoms with Gasteiger partial charge in [0.15, 0.2) is 0 Å². The second-order valence-electron chi connectivity index (χ2n) is 6.71. The highest BCUT2D eigenvalue weighted by Crippen LogP contribution is 2.26. The molecule has 0 bridgehead atoms. The number of carbonyl (C=O) groups is 2. The van der Waals surface area contributed by atoms with Gasteiger partial charge in [0.25, 0.3) is 21.8 Å². The standard InChI is InChI=1S/C23H23N3O5S/c1-31-21-10-6-5-9-20(21)26-32(29,30)19-13-11-18(12-14-19)23(28)25-16-15-24-22(27)17-7-3-2-4-8-17/h2-14,26H,15-16H2,1H3,(H,24,27)(H,25,28). The number of nitrogens with one attached hydrogen (secondary N) is 3. The summed E-state index contributed by atoms with van der Waals surface area (Å²) in [6.45, 7) is 0.488. The summed E-state index contributed by atoms with van der Waals surface area (Å²) in [6.07, 6.45) is 0. The smallest absolute Gasteiger partial charge is 0.262 e. The molecular weight excluding hydrogens is 430 g/mol. The minimum atomic E-state index is -3.85. The number of ether oxygens (including phenoxy) is 1. The normalized spacial score (nSPS) is 10.8. The molecule has 8 nitrogen and oxygen atoms in total. The van der Waals surface area contributed by atoms with Crippen LogP contribution in [0.25, 0.3) is 0 Å². The van der Waals surface area contributed by atoms with Gasteiger partial charge in [-0.15, -0.1) is 0 Å². The minimum absolute atomic E-state index is 0.00933. The van der Waals surface area contributed by atoms with E-state index in [0.29, 0.717) is 22.6 Å². The van der Waals surface area contributed by atoms with Crippen molar-refractivity contribution < 1.29 is 22.7 Å². The number of para-hydroxylation sites is 2. The molecule has 3 N–H and O–H groups in total. The second kappa shape index (κ2) is 10.5. The first-order valence-electron chi connectivity index (χ1n) is 9.78. The molecular formula is C23H23N3O5S. The van der Waals surface area contributed by atoms with Crippen LogP contribution in [0.3, 0.4) is 0 Å². The third-order valence-corrected chi connectivity index (χ3v) is 5.89. The molecule has 0 atom stereocenters. The lowest BCUT2D eigenvalue weighted by molar-refractivity contribution is 0.0927. The van der Waals surface area contributed by atoms with Crippen molar-refractivity contribution in [2.45, 2.75) is 4.90 Å². The van der Waals surface area contributed by atoms with Crippen molar-refractivity contribution in [3.8, 4) is 5.75 Å². The third-order valence-electron chi connectivity index (χ3n) is 4.51. The SMILES string of the molecule is COc1ccccc1NS(=O)(=O)c1ccc(C(=O)NCCNC(=O)c2ccccc2)cc1. The number of benzene rings is 3. The zero-order chi connectivity index (χ0) is 23.0. The van der Waals surface area contributed by atoms with Gasteiger partial charge in [0.1, 0.15) is 5.75 Å². The average Bonchev–Trinajstić information content (AvgIpc) is 2.82. The summed E-state index contributed by atoms with van der Waals surface area (Å²) in [4.78, 5) is 24.3. The van der Waals surface area contributed by atoms with Crippen LogP contribution in [0.1, 0.15) is 20.7 Å². The largest absolute Gasteiger partial charge is 0.495 e. The van der Waals surface area contributed by atoms with Gasteiger partial charge in [-0.05, 0) is 48.5 Å². The van der Waals surface area contributed by atoms with E-state index in [9.17, 15) is 18.0 Å². The Morgan fingerprint density at radius 1 is 0.750 bits per heavy atom. The number of sulfonamides is 1. The highest BCUT2D eigenvalue weighted by Gasteiger charge is 2.17. The van der Waals surface area contributed by atoms with E-state index in [4.69, 9.17) is 4.74 Å². The van der Waals surface area contributed by atoms with Crippen LogP contribution in [0.2, 0.25) is 0 Å². The molecule has 0 spiro atoms. The number of carbonyl (C=O) groups excluding carboxylic acids is 2. The first kappa shape index (κ1) is 22.8. The van der Waals surface area contributed by atoms with Crippen LogP contribution in [0, 0.1) is 0 Å². The fraction of sp³-hybridized carbons (Fsp3) is 0.130. The zero-order valence-electron chi connectivity index (χ0n) is 17.4. The van der Waals surface area contributed by atoms with Crippen molar-refractivity contribution in [3.63, 3.8) is 0 Å². The molecule has 0 radical (unpaired) electrons. The molecule has 0 fully saturated rings. The van der Waals surface area contributed by atoms with Gasteiger partial charge < -0.3 is 15.4 Å². The first-order chi connectivity index (χ1) is 15.4. The van der Waals surface area contributed by atoms with Crippen LogP contribution in [0.5, 0.6) is 5.75 Å². The Hall–Kier alpha value is -3.85. The molecule has 32 heavy (non-hydrogen) atoms. The molecule has 0 aliphatic rings. The molecule has 0 aromatic heterocycles. The Labute approximate surface area is 186 Å². The molecule has 9 heteroatoms. The number of anilines is 1. The maximum atomic E-state index is 12.6. The summed E-state index contributed by atoms with van der Waals surface area (Å²) in [5.74, 6) is -0.205. The van der Waals surface area contributed by atoms with Gasteiger partial charge in [0.05, 0.1) is 17.7 Å². The van der Waals surface area contributed by atoms with Crippen LogP contribution in [-0.4, -0.2) is 40.4 Å². The molecule has 166 valence electrons. The summed E-state index contributed by atoms with van der Waals surface area (Å²) in [6, 6.07) is 21.0. The second-order valence-corrected chi connectivity index (χ2v) is 8.39. The van der Waals surface area contributed by atoms with E-state index in [1.165, 1.54) is 31.4 Å². The highest BCUT2D eigenvalue weighted by atomic mass is 32.2. The Morgan fingerprint density at radius 3 is 1.88 bits per heavy atom. The van der Waals surface area contributed by atoms with Crippen LogP contribution < -0.4 is 20.1 Å². The van der Waals surface area contributed by atoms with Gasteiger partial charge in [0, 0.05) is 24.2 Å². The third kappa shape index (κ3) is 5.86. The van der Waals surface area contributed by atoms with Gasteiger partial charge in [-0.25, -0.2) is 8.42 Å². The van der Waals surface area contributed by atoms with Crippen molar-refractivity contribution in [3.05, 3.63) is 90.0 Å². The van der Waals surface area contributed by atoms with Crippen molar-refractivity contribution in [2.24, 2.45) is 0 Å². The molecule has 3 rings (SSSR count). The van der Waals surface area contributed by atoms with Crippen LogP contribution in [0.15, 0.2) is 83.8 Å². The van der Waals surface area contributed by atoms with Crippen molar-refractivity contribution in [2.75, 3.05) is 24.9 Å². The Balaban J connectivity index is 1.54. The van der Waals surface area contributed by atoms with Crippen LogP contribution in [0.4, 0.5) is 5.69 Å². The minimum Gasteiger partial charge on any atom is -0.495 e. The molecule has 0 aliphatic heterocycles. The fourth-order valence-corrected chi connectivity index (χ4v) is 3.93. The molecule has 0 heterocycles. The number of rotatable bonds is 9. The van der Waals surface area contributed by atoms with Crippen molar-refractivity contribution >= 4 is 27.5 Å². The van der Waals surface area contributed by atoms with Crippen LogP contribution in [-0.2, 0) is 10.0 Å². The maximum Gasteiger partial charge on any atom is 0.262 e. The molecule has 2 amide bonds. The molecule has 3 aromatic carbocycles. The summed E-state index contributed by atoms with van der Waals surface area (Å²) in [7, 11) is -2.40. The quantitative estimate of drug-likeness (QED) is 0.431. The number of methoxy groups -OCH3 is 1. The van der Waals surface area contributed by atoms with E-state index < -0.39 is 10.0 Å². The van der Waals surface area contributed by atoms with E-state index >= 15 is 0 Å². The lowest BCUT2D eigenvalue weighted by Crippen LogP contribution is -2.34.